The first-order valence-electron chi connectivity index (χ1n) is 8.78. The molecule has 1 aromatic heterocycles. The average molecular weight is 356 g/mol. The van der Waals surface area contributed by atoms with E-state index in [1.54, 1.807) is 23.2 Å². The van der Waals surface area contributed by atoms with E-state index in [0.29, 0.717) is 26.1 Å². The zero-order valence-corrected chi connectivity index (χ0v) is 14.9. The highest BCUT2D eigenvalue weighted by atomic mass is 19.1. The molecule has 0 radical (unpaired) electrons. The summed E-state index contributed by atoms with van der Waals surface area (Å²) in [6.45, 7) is 5.72. The Labute approximate surface area is 151 Å². The summed E-state index contributed by atoms with van der Waals surface area (Å²) >= 11 is 0. The van der Waals surface area contributed by atoms with Crippen molar-refractivity contribution in [2.45, 2.75) is 32.4 Å². The molecule has 2 aliphatic rings. The second-order valence-electron chi connectivity index (χ2n) is 6.88. The van der Waals surface area contributed by atoms with E-state index >= 15 is 0 Å². The van der Waals surface area contributed by atoms with Crippen LogP contribution in [0.4, 0.5) is 15.0 Å². The lowest BCUT2D eigenvalue weighted by atomic mass is 10.1. The third-order valence-electron chi connectivity index (χ3n) is 5.03. The number of hydrogen-bond acceptors (Lipinski definition) is 5. The molecule has 3 heterocycles. The number of hydrogen-bond donors (Lipinski definition) is 0. The van der Waals surface area contributed by atoms with Crippen LogP contribution in [-0.4, -0.2) is 52.7 Å². The van der Waals surface area contributed by atoms with Crippen LogP contribution in [0.1, 0.15) is 17.0 Å². The number of ether oxygens (including phenoxy) is 1. The minimum Gasteiger partial charge on any atom is -0.442 e. The quantitative estimate of drug-likeness (QED) is 0.842. The van der Waals surface area contributed by atoms with Gasteiger partial charge < -0.3 is 9.64 Å². The first kappa shape index (κ1) is 16.8. The van der Waals surface area contributed by atoms with E-state index in [9.17, 15) is 9.18 Å². The number of nitrogens with zero attached hydrogens (tertiary/aromatic N) is 4. The Kier molecular flexibility index (Phi) is 4.22. The van der Waals surface area contributed by atoms with Gasteiger partial charge in [0.25, 0.3) is 0 Å². The maximum Gasteiger partial charge on any atom is 0.410 e. The highest BCUT2D eigenvalue weighted by Gasteiger charge is 2.48. The van der Waals surface area contributed by atoms with Crippen molar-refractivity contribution in [2.24, 2.45) is 0 Å². The lowest BCUT2D eigenvalue weighted by molar-refractivity contribution is 0.136. The first-order chi connectivity index (χ1) is 12.5. The van der Waals surface area contributed by atoms with Crippen LogP contribution in [0.2, 0.25) is 0 Å². The van der Waals surface area contributed by atoms with Gasteiger partial charge in [-0.25, -0.2) is 14.2 Å². The van der Waals surface area contributed by atoms with E-state index in [0.717, 1.165) is 22.8 Å². The van der Waals surface area contributed by atoms with Gasteiger partial charge in [0.2, 0.25) is 0 Å². The highest BCUT2D eigenvalue weighted by molar-refractivity contribution is 5.71. The molecule has 2 fully saturated rings. The van der Waals surface area contributed by atoms with Gasteiger partial charge in [-0.3, -0.25) is 9.88 Å². The van der Waals surface area contributed by atoms with Crippen molar-refractivity contribution >= 4 is 11.9 Å². The Morgan fingerprint density at radius 2 is 2.00 bits per heavy atom. The molecule has 136 valence electrons. The average Bonchev–Trinajstić information content (AvgIpc) is 3.14. The molecule has 0 aliphatic carbocycles. The van der Waals surface area contributed by atoms with Gasteiger partial charge >= 0.3 is 6.09 Å². The van der Waals surface area contributed by atoms with Gasteiger partial charge in [-0.05, 0) is 38.0 Å². The number of fused-ring (bicyclic) bond motifs is 1. The maximum atomic E-state index is 13.0. The first-order valence-corrected chi connectivity index (χ1v) is 8.78. The SMILES string of the molecule is Cc1cnc(C)c(N2C[C@@H]3OC(=O)N(CCc4ccc(F)cc4)[C@@H]3C2)n1. The Morgan fingerprint density at radius 3 is 2.77 bits per heavy atom. The number of halogens is 1. The molecule has 7 heteroatoms. The fourth-order valence-corrected chi connectivity index (χ4v) is 3.66. The predicted octanol–water partition coefficient (Wildman–Crippen LogP) is 2.48. The van der Waals surface area contributed by atoms with Gasteiger partial charge in [0.15, 0.2) is 5.82 Å². The van der Waals surface area contributed by atoms with Crippen LogP contribution in [0, 0.1) is 19.7 Å². The summed E-state index contributed by atoms with van der Waals surface area (Å²) < 4.78 is 18.6. The van der Waals surface area contributed by atoms with Gasteiger partial charge in [-0.15, -0.1) is 0 Å². The molecule has 2 atom stereocenters. The summed E-state index contributed by atoms with van der Waals surface area (Å²) in [4.78, 5) is 25.1. The predicted molar refractivity (Wildman–Crippen MR) is 94.6 cm³/mol. The molecule has 2 saturated heterocycles. The number of aryl methyl sites for hydroxylation is 2. The molecule has 6 nitrogen and oxygen atoms in total. The zero-order valence-electron chi connectivity index (χ0n) is 14.9. The number of benzene rings is 1. The summed E-state index contributed by atoms with van der Waals surface area (Å²) in [5, 5.41) is 0. The van der Waals surface area contributed by atoms with Crippen molar-refractivity contribution in [3.05, 3.63) is 53.2 Å². The molecule has 0 bridgehead atoms. The lowest BCUT2D eigenvalue weighted by Crippen LogP contribution is -2.39. The van der Waals surface area contributed by atoms with E-state index in [1.165, 1.54) is 12.1 Å². The number of anilines is 1. The van der Waals surface area contributed by atoms with E-state index in [1.807, 2.05) is 13.8 Å². The van der Waals surface area contributed by atoms with Gasteiger partial charge in [0, 0.05) is 19.3 Å². The summed E-state index contributed by atoms with van der Waals surface area (Å²) in [5.41, 5.74) is 2.74. The molecular formula is C19H21FN4O2. The van der Waals surface area contributed by atoms with Gasteiger partial charge in [-0.1, -0.05) is 12.1 Å². The smallest absolute Gasteiger partial charge is 0.410 e. The van der Waals surface area contributed by atoms with Crippen molar-refractivity contribution in [3.63, 3.8) is 0 Å². The van der Waals surface area contributed by atoms with Crippen LogP contribution in [0.25, 0.3) is 0 Å². The van der Waals surface area contributed by atoms with E-state index < -0.39 is 0 Å². The van der Waals surface area contributed by atoms with Crippen LogP contribution in [0.3, 0.4) is 0 Å². The molecule has 26 heavy (non-hydrogen) atoms. The Hall–Kier alpha value is -2.70. The summed E-state index contributed by atoms with van der Waals surface area (Å²) in [7, 11) is 0. The highest BCUT2D eigenvalue weighted by Crippen LogP contribution is 2.30. The van der Waals surface area contributed by atoms with Crippen molar-refractivity contribution in [2.75, 3.05) is 24.5 Å². The zero-order chi connectivity index (χ0) is 18.3. The Bertz CT molecular complexity index is 827. The second kappa shape index (κ2) is 6.55. The van der Waals surface area contributed by atoms with Crippen LogP contribution in [0.15, 0.2) is 30.5 Å². The van der Waals surface area contributed by atoms with Gasteiger partial charge in [-0.2, -0.15) is 0 Å². The van der Waals surface area contributed by atoms with Crippen molar-refractivity contribution in [1.82, 2.24) is 14.9 Å². The van der Waals surface area contributed by atoms with Crippen LogP contribution < -0.4 is 4.90 Å². The van der Waals surface area contributed by atoms with Crippen LogP contribution >= 0.6 is 0 Å². The number of carbonyl (C=O) groups excluding carboxylic acids is 1. The minimum absolute atomic E-state index is 0.00432. The molecule has 1 aromatic carbocycles. The molecule has 2 aromatic rings. The van der Waals surface area contributed by atoms with Crippen LogP contribution in [-0.2, 0) is 11.2 Å². The third kappa shape index (κ3) is 3.09. The van der Waals surface area contributed by atoms with Crippen molar-refractivity contribution < 1.29 is 13.9 Å². The number of aromatic nitrogens is 2. The molecule has 1 amide bonds. The molecule has 4 rings (SSSR count). The number of carbonyl (C=O) groups is 1. The van der Waals surface area contributed by atoms with E-state index in [2.05, 4.69) is 14.9 Å². The minimum atomic E-state index is -0.270. The molecule has 0 spiro atoms. The topological polar surface area (TPSA) is 58.6 Å². The van der Waals surface area contributed by atoms with Gasteiger partial charge in [0.1, 0.15) is 11.9 Å². The van der Waals surface area contributed by atoms with E-state index in [-0.39, 0.29) is 24.1 Å². The molecular weight excluding hydrogens is 335 g/mol. The Balaban J connectivity index is 1.46. The maximum absolute atomic E-state index is 13.0. The summed E-state index contributed by atoms with van der Waals surface area (Å²) in [5.74, 6) is 0.601. The molecule has 0 saturated carbocycles. The van der Waals surface area contributed by atoms with Gasteiger partial charge in [0.05, 0.1) is 24.0 Å². The number of rotatable bonds is 4. The summed E-state index contributed by atoms with van der Waals surface area (Å²) in [6.07, 6.45) is 2.00. The third-order valence-corrected chi connectivity index (χ3v) is 5.03. The monoisotopic (exact) mass is 356 g/mol. The molecule has 2 aliphatic heterocycles. The fraction of sp³-hybridized carbons (Fsp3) is 0.421. The van der Waals surface area contributed by atoms with Crippen LogP contribution in [0.5, 0.6) is 0 Å². The summed E-state index contributed by atoms with van der Waals surface area (Å²) in [6, 6.07) is 6.39. The van der Waals surface area contributed by atoms with Crippen molar-refractivity contribution in [1.29, 1.82) is 0 Å². The largest absolute Gasteiger partial charge is 0.442 e. The Morgan fingerprint density at radius 1 is 1.23 bits per heavy atom. The number of amides is 1. The molecule has 0 N–H and O–H groups in total. The molecule has 0 unspecified atom stereocenters. The normalized spacial score (nSPS) is 21.9. The standard InChI is InChI=1S/C19H21FN4O2/c1-12-9-21-13(2)18(22-12)23-10-16-17(11-23)26-19(25)24(16)8-7-14-3-5-15(20)6-4-14/h3-6,9,16-17H,7-8,10-11H2,1-2H3/t16-,17+/m1/s1. The van der Waals surface area contributed by atoms with E-state index in [4.69, 9.17) is 4.74 Å². The lowest BCUT2D eigenvalue weighted by Gasteiger charge is -2.23. The van der Waals surface area contributed by atoms with Crippen molar-refractivity contribution in [3.8, 4) is 0 Å². The second-order valence-corrected chi connectivity index (χ2v) is 6.88. The fourth-order valence-electron chi connectivity index (χ4n) is 3.66.